The van der Waals surface area contributed by atoms with Crippen molar-refractivity contribution in [3.8, 4) is 0 Å². The van der Waals surface area contributed by atoms with Crippen molar-refractivity contribution in [2.24, 2.45) is 0 Å². The van der Waals surface area contributed by atoms with Crippen LogP contribution in [0.4, 0.5) is 13.2 Å². The maximum atomic E-state index is 12.6. The van der Waals surface area contributed by atoms with Crippen LogP contribution >= 0.6 is 0 Å². The predicted molar refractivity (Wildman–Crippen MR) is 81.3 cm³/mol. The highest BCUT2D eigenvalue weighted by molar-refractivity contribution is 7.92. The molecule has 134 valence electrons. The predicted octanol–water partition coefficient (Wildman–Crippen LogP) is 2.68. The second-order valence-corrected chi connectivity index (χ2v) is 7.58. The van der Waals surface area contributed by atoms with Gasteiger partial charge in [0.15, 0.2) is 0 Å². The number of halogens is 3. The van der Waals surface area contributed by atoms with E-state index in [4.69, 9.17) is 0 Å². The highest BCUT2D eigenvalue weighted by Gasteiger charge is 2.46. The Morgan fingerprint density at radius 1 is 1.20 bits per heavy atom. The summed E-state index contributed by atoms with van der Waals surface area (Å²) in [4.78, 5) is 13.3. The molecule has 0 bridgehead atoms. The number of hydrogen-bond acceptors (Lipinski definition) is 4. The zero-order valence-corrected chi connectivity index (χ0v) is 13.6. The molecule has 1 saturated heterocycles. The third-order valence-electron chi connectivity index (χ3n) is 4.11. The fourth-order valence-corrected chi connectivity index (χ4v) is 3.62. The van der Waals surface area contributed by atoms with Crippen LogP contribution in [-0.4, -0.2) is 41.5 Å². The lowest BCUT2D eigenvalue weighted by molar-refractivity contribution is -0.0436. The number of hydrogen-bond donors (Lipinski definition) is 1. The number of aromatic nitrogens is 2. The molecule has 1 N–H and O–H groups in total. The number of benzene rings is 1. The largest absolute Gasteiger partial charge is 0.501 e. The van der Waals surface area contributed by atoms with E-state index in [0.29, 0.717) is 6.54 Å². The Morgan fingerprint density at radius 2 is 1.88 bits per heavy atom. The number of nitrogens with zero attached hydrogens (tertiary/aromatic N) is 2. The maximum Gasteiger partial charge on any atom is 0.501 e. The van der Waals surface area contributed by atoms with Crippen molar-refractivity contribution in [2.75, 3.05) is 6.54 Å². The fraction of sp³-hybridized carbons (Fsp3) is 0.333. The Labute approximate surface area is 141 Å². The zero-order valence-electron chi connectivity index (χ0n) is 12.8. The van der Waals surface area contributed by atoms with Crippen molar-refractivity contribution in [3.05, 3.63) is 47.8 Å². The van der Waals surface area contributed by atoms with Crippen molar-refractivity contribution in [2.45, 2.75) is 29.3 Å². The molecule has 0 spiro atoms. The van der Waals surface area contributed by atoms with Gasteiger partial charge < -0.3 is 4.90 Å². The van der Waals surface area contributed by atoms with Crippen molar-refractivity contribution in [1.29, 1.82) is 0 Å². The van der Waals surface area contributed by atoms with Crippen molar-refractivity contribution in [1.82, 2.24) is 15.1 Å². The second-order valence-electron chi connectivity index (χ2n) is 5.64. The van der Waals surface area contributed by atoms with Gasteiger partial charge in [0, 0.05) is 18.3 Å². The lowest BCUT2D eigenvalue weighted by Gasteiger charge is -2.24. The summed E-state index contributed by atoms with van der Waals surface area (Å²) in [6, 6.07) is 5.38. The molecule has 6 nitrogen and oxygen atoms in total. The van der Waals surface area contributed by atoms with E-state index in [0.717, 1.165) is 42.8 Å². The Kier molecular flexibility index (Phi) is 4.31. The van der Waals surface area contributed by atoms with Gasteiger partial charge in [-0.05, 0) is 43.2 Å². The molecule has 0 aliphatic carbocycles. The molecule has 1 aromatic heterocycles. The number of rotatable bonds is 3. The van der Waals surface area contributed by atoms with Gasteiger partial charge in [0.05, 0.1) is 16.6 Å². The molecule has 3 rings (SSSR count). The minimum atomic E-state index is -5.42. The summed E-state index contributed by atoms with van der Waals surface area (Å²) < 4.78 is 60.4. The molecule has 2 aromatic rings. The number of carbonyl (C=O) groups is 1. The van der Waals surface area contributed by atoms with E-state index in [1.165, 1.54) is 0 Å². The first-order valence-electron chi connectivity index (χ1n) is 7.43. The van der Waals surface area contributed by atoms with E-state index in [9.17, 15) is 26.4 Å². The van der Waals surface area contributed by atoms with Gasteiger partial charge in [0.2, 0.25) is 0 Å². The summed E-state index contributed by atoms with van der Waals surface area (Å²) in [6.07, 6.45) is 3.11. The molecule has 1 amide bonds. The van der Waals surface area contributed by atoms with Crippen LogP contribution in [0.15, 0.2) is 41.4 Å². The molecule has 0 radical (unpaired) electrons. The molecular formula is C15H14F3N3O3S. The smallest absolute Gasteiger partial charge is 0.330 e. The van der Waals surface area contributed by atoms with Gasteiger partial charge in [-0.1, -0.05) is 0 Å². The molecule has 0 saturated carbocycles. The van der Waals surface area contributed by atoms with Crippen LogP contribution in [0, 0.1) is 0 Å². The lowest BCUT2D eigenvalue weighted by atomic mass is 10.1. The van der Waals surface area contributed by atoms with Gasteiger partial charge in [-0.2, -0.15) is 18.3 Å². The van der Waals surface area contributed by atoms with Gasteiger partial charge in [-0.15, -0.1) is 0 Å². The minimum absolute atomic E-state index is 0.132. The molecule has 1 atom stereocenters. The van der Waals surface area contributed by atoms with Crippen molar-refractivity contribution in [3.63, 3.8) is 0 Å². The first kappa shape index (κ1) is 17.5. The van der Waals surface area contributed by atoms with Crippen LogP contribution < -0.4 is 0 Å². The van der Waals surface area contributed by atoms with E-state index >= 15 is 0 Å². The number of H-pyrrole nitrogens is 1. The van der Waals surface area contributed by atoms with E-state index in [2.05, 4.69) is 10.2 Å². The quantitative estimate of drug-likeness (QED) is 0.897. The topological polar surface area (TPSA) is 83.1 Å². The number of alkyl halides is 3. The Bertz CT molecular complexity index is 862. The van der Waals surface area contributed by atoms with E-state index in [1.54, 1.807) is 17.2 Å². The number of amides is 1. The molecule has 2 heterocycles. The first-order valence-corrected chi connectivity index (χ1v) is 8.92. The summed E-state index contributed by atoms with van der Waals surface area (Å²) in [6.45, 7) is 0.505. The summed E-state index contributed by atoms with van der Waals surface area (Å²) in [5.74, 6) is -0.368. The van der Waals surface area contributed by atoms with E-state index in [-0.39, 0.29) is 17.5 Å². The van der Waals surface area contributed by atoms with E-state index < -0.39 is 20.2 Å². The maximum absolute atomic E-state index is 12.6. The highest BCUT2D eigenvalue weighted by Crippen LogP contribution is 2.33. The Hall–Kier alpha value is -2.36. The summed E-state index contributed by atoms with van der Waals surface area (Å²) in [5.41, 5.74) is -4.46. The monoisotopic (exact) mass is 373 g/mol. The molecule has 10 heteroatoms. The summed E-state index contributed by atoms with van der Waals surface area (Å²) in [5, 5.41) is 6.67. The van der Waals surface area contributed by atoms with Crippen LogP contribution in [0.5, 0.6) is 0 Å². The van der Waals surface area contributed by atoms with Crippen LogP contribution in [0.25, 0.3) is 0 Å². The van der Waals surface area contributed by atoms with Gasteiger partial charge in [0.25, 0.3) is 15.7 Å². The molecular weight excluding hydrogens is 359 g/mol. The molecule has 25 heavy (non-hydrogen) atoms. The minimum Gasteiger partial charge on any atom is -0.330 e. The van der Waals surface area contributed by atoms with Gasteiger partial charge >= 0.3 is 5.51 Å². The van der Waals surface area contributed by atoms with Crippen LogP contribution in [0.2, 0.25) is 0 Å². The van der Waals surface area contributed by atoms with Crippen LogP contribution in [-0.2, 0) is 9.84 Å². The van der Waals surface area contributed by atoms with Gasteiger partial charge in [-0.25, -0.2) is 8.42 Å². The van der Waals surface area contributed by atoms with Crippen molar-refractivity contribution < 1.29 is 26.4 Å². The highest BCUT2D eigenvalue weighted by atomic mass is 32.2. The van der Waals surface area contributed by atoms with Crippen molar-refractivity contribution >= 4 is 15.7 Å². The Morgan fingerprint density at radius 3 is 2.44 bits per heavy atom. The molecule has 1 aliphatic heterocycles. The van der Waals surface area contributed by atoms with E-state index in [1.807, 2.05) is 0 Å². The number of aromatic amines is 1. The zero-order chi connectivity index (χ0) is 18.2. The first-order chi connectivity index (χ1) is 11.7. The summed E-state index contributed by atoms with van der Waals surface area (Å²) in [7, 11) is -5.42. The third-order valence-corrected chi connectivity index (χ3v) is 5.61. The number of sulfone groups is 1. The number of likely N-dealkylation sites (tertiary alicyclic amines) is 1. The normalized spacial score (nSPS) is 18.5. The number of carbonyl (C=O) groups excluding carboxylic acids is 1. The fourth-order valence-electron chi connectivity index (χ4n) is 2.86. The molecule has 1 aliphatic rings. The summed E-state index contributed by atoms with van der Waals surface area (Å²) >= 11 is 0. The standard InChI is InChI=1S/C15H14F3N3O3S/c16-15(17,18)25(23,24)11-5-3-10(4-6-11)14(22)21-9-1-2-13(21)12-7-8-19-20-12/h3-8,13H,1-2,9H2,(H,19,20)/t13-/m1/s1. The Balaban J connectivity index is 1.84. The molecule has 1 fully saturated rings. The average Bonchev–Trinajstić information content (AvgIpc) is 3.24. The molecule has 1 aromatic carbocycles. The second kappa shape index (κ2) is 6.17. The SMILES string of the molecule is O=C(c1ccc(S(=O)(=O)C(F)(F)F)cc1)N1CCC[C@@H]1c1ccn[nH]1. The average molecular weight is 373 g/mol. The lowest BCUT2D eigenvalue weighted by Crippen LogP contribution is -2.30. The third kappa shape index (κ3) is 3.13. The molecule has 0 unspecified atom stereocenters. The van der Waals surface area contributed by atoms with Gasteiger partial charge in [0.1, 0.15) is 0 Å². The van der Waals surface area contributed by atoms with Crippen LogP contribution in [0.1, 0.15) is 34.9 Å². The number of nitrogens with one attached hydrogen (secondary N) is 1. The van der Waals surface area contributed by atoms with Crippen LogP contribution in [0.3, 0.4) is 0 Å². The van der Waals surface area contributed by atoms with Gasteiger partial charge in [-0.3, -0.25) is 9.89 Å².